The summed E-state index contributed by atoms with van der Waals surface area (Å²) >= 11 is 0. The molecular weight excluding hydrogens is 224 g/mol. The molecule has 2 heteroatoms. The van der Waals surface area contributed by atoms with Crippen LogP contribution in [-0.2, 0) is 9.53 Å². The summed E-state index contributed by atoms with van der Waals surface area (Å²) in [6, 6.07) is 10.4. The van der Waals surface area contributed by atoms with Crippen LogP contribution in [0, 0.1) is 5.41 Å². The molecule has 18 heavy (non-hydrogen) atoms. The third-order valence-corrected chi connectivity index (χ3v) is 1.82. The predicted molar refractivity (Wildman–Crippen MR) is 76.9 cm³/mol. The molecule has 0 saturated carbocycles. The Kier molecular flexibility index (Phi) is 7.45. The highest BCUT2D eigenvalue weighted by Crippen LogP contribution is 2.16. The van der Waals surface area contributed by atoms with Gasteiger partial charge in [-0.2, -0.15) is 0 Å². The second-order valence-electron chi connectivity index (χ2n) is 4.89. The molecule has 0 fully saturated rings. The normalized spacial score (nSPS) is 10.4. The molecule has 0 aliphatic rings. The Morgan fingerprint density at radius 3 is 2.11 bits per heavy atom. The van der Waals surface area contributed by atoms with Crippen molar-refractivity contribution in [1.29, 1.82) is 0 Å². The molecule has 0 unspecified atom stereocenters. The van der Waals surface area contributed by atoms with E-state index in [0.717, 1.165) is 6.26 Å². The van der Waals surface area contributed by atoms with Gasteiger partial charge in [-0.1, -0.05) is 69.8 Å². The Morgan fingerprint density at radius 1 is 1.22 bits per heavy atom. The number of carbonyl (C=O) groups is 1. The molecule has 1 rings (SSSR count). The number of benzene rings is 1. The molecule has 0 radical (unpaired) electrons. The van der Waals surface area contributed by atoms with Crippen molar-refractivity contribution in [3.05, 3.63) is 54.8 Å². The maximum atomic E-state index is 9.75. The van der Waals surface area contributed by atoms with Crippen molar-refractivity contribution in [1.82, 2.24) is 0 Å². The fourth-order valence-corrected chi connectivity index (χ4v) is 1.03. The van der Waals surface area contributed by atoms with Crippen molar-refractivity contribution in [2.75, 3.05) is 0 Å². The van der Waals surface area contributed by atoms with Crippen molar-refractivity contribution < 1.29 is 9.53 Å². The van der Waals surface area contributed by atoms with Gasteiger partial charge in [0.15, 0.2) is 0 Å². The van der Waals surface area contributed by atoms with Gasteiger partial charge in [0.05, 0.1) is 6.26 Å². The highest BCUT2D eigenvalue weighted by molar-refractivity contribution is 5.66. The van der Waals surface area contributed by atoms with Gasteiger partial charge in [0.2, 0.25) is 0 Å². The monoisotopic (exact) mass is 246 g/mol. The number of rotatable bonds is 2. The zero-order valence-electron chi connectivity index (χ0n) is 11.6. The molecule has 2 nitrogen and oxygen atoms in total. The maximum Gasteiger partial charge on any atom is 0.307 e. The van der Waals surface area contributed by atoms with Gasteiger partial charge in [-0.05, 0) is 11.0 Å². The van der Waals surface area contributed by atoms with Crippen molar-refractivity contribution in [3.8, 4) is 0 Å². The molecule has 0 atom stereocenters. The Hall–Kier alpha value is -1.83. The molecule has 98 valence electrons. The van der Waals surface area contributed by atoms with E-state index in [0.29, 0.717) is 0 Å². The minimum absolute atomic E-state index is 0.274. The lowest BCUT2D eigenvalue weighted by Gasteiger charge is -2.10. The van der Waals surface area contributed by atoms with E-state index in [1.807, 2.05) is 6.07 Å². The van der Waals surface area contributed by atoms with E-state index in [1.54, 1.807) is 0 Å². The third-order valence-electron chi connectivity index (χ3n) is 1.82. The zero-order valence-corrected chi connectivity index (χ0v) is 11.6. The second-order valence-corrected chi connectivity index (χ2v) is 4.89. The van der Waals surface area contributed by atoms with Crippen molar-refractivity contribution in [2.24, 2.45) is 5.41 Å². The lowest BCUT2D eigenvalue weighted by Crippen LogP contribution is -1.97. The van der Waals surface area contributed by atoms with Gasteiger partial charge in [0, 0.05) is 6.92 Å². The molecule has 0 aromatic heterocycles. The van der Waals surface area contributed by atoms with Crippen LogP contribution in [0.5, 0.6) is 0 Å². The smallest absolute Gasteiger partial charge is 0.307 e. The van der Waals surface area contributed by atoms with Crippen molar-refractivity contribution in [3.63, 3.8) is 0 Å². The number of ether oxygens (including phenoxy) is 1. The Balaban J connectivity index is 0.000000411. The van der Waals surface area contributed by atoms with E-state index in [-0.39, 0.29) is 11.4 Å². The van der Waals surface area contributed by atoms with Crippen LogP contribution in [0.15, 0.2) is 49.2 Å². The molecule has 0 aliphatic heterocycles. The van der Waals surface area contributed by atoms with E-state index >= 15 is 0 Å². The van der Waals surface area contributed by atoms with E-state index in [4.69, 9.17) is 0 Å². The van der Waals surface area contributed by atoms with Gasteiger partial charge >= 0.3 is 5.97 Å². The highest BCUT2D eigenvalue weighted by atomic mass is 16.5. The summed E-state index contributed by atoms with van der Waals surface area (Å²) in [5.74, 6) is -0.329. The molecule has 0 saturated heterocycles. The average Bonchev–Trinajstić information content (AvgIpc) is 2.27. The summed E-state index contributed by atoms with van der Waals surface area (Å²) in [6.45, 7) is 11.1. The van der Waals surface area contributed by atoms with Crippen molar-refractivity contribution >= 4 is 12.0 Å². The molecule has 0 amide bonds. The Morgan fingerprint density at radius 2 is 1.78 bits per heavy atom. The van der Waals surface area contributed by atoms with E-state index in [9.17, 15) is 4.79 Å². The summed E-state index contributed by atoms with van der Waals surface area (Å²) in [7, 11) is 0. The van der Waals surface area contributed by atoms with Crippen LogP contribution >= 0.6 is 0 Å². The van der Waals surface area contributed by atoms with Gasteiger partial charge in [-0.25, -0.2) is 0 Å². The first kappa shape index (κ1) is 16.2. The van der Waals surface area contributed by atoms with Gasteiger partial charge in [-0.3, -0.25) is 4.79 Å². The summed E-state index contributed by atoms with van der Waals surface area (Å²) in [6.07, 6.45) is 5.49. The van der Waals surface area contributed by atoms with Crippen molar-refractivity contribution in [2.45, 2.75) is 27.7 Å². The zero-order chi connectivity index (χ0) is 14.0. The topological polar surface area (TPSA) is 26.3 Å². The van der Waals surface area contributed by atoms with Gasteiger partial charge in [-0.15, -0.1) is 0 Å². The third kappa shape index (κ3) is 10.7. The largest absolute Gasteiger partial charge is 0.435 e. The summed E-state index contributed by atoms with van der Waals surface area (Å²) in [4.78, 5) is 9.75. The summed E-state index contributed by atoms with van der Waals surface area (Å²) in [5.41, 5.74) is 1.54. The fraction of sp³-hybridized carbons (Fsp3) is 0.312. The molecular formula is C16H22O2. The molecule has 0 heterocycles. The average molecular weight is 246 g/mol. The lowest BCUT2D eigenvalue weighted by molar-refractivity contribution is -0.135. The van der Waals surface area contributed by atoms with Crippen LogP contribution in [0.2, 0.25) is 0 Å². The lowest BCUT2D eigenvalue weighted by atomic mass is 9.95. The van der Waals surface area contributed by atoms with Gasteiger partial charge in [0.25, 0.3) is 0 Å². The standard InChI is InChI=1S/C12H16.C4H6O2/c1-12(2,3)10-9-11-7-5-4-6-8-11;1-3-6-4(2)5/h4-10H,1-3H3;3H,1H2,2H3. The van der Waals surface area contributed by atoms with E-state index in [1.165, 1.54) is 12.5 Å². The van der Waals surface area contributed by atoms with Gasteiger partial charge < -0.3 is 4.74 Å². The molecule has 0 N–H and O–H groups in total. The number of hydrogen-bond acceptors (Lipinski definition) is 2. The van der Waals surface area contributed by atoms with Gasteiger partial charge in [0.1, 0.15) is 0 Å². The summed E-state index contributed by atoms with van der Waals surface area (Å²) in [5, 5.41) is 0. The number of allylic oxidation sites excluding steroid dienone is 1. The fourth-order valence-electron chi connectivity index (χ4n) is 1.03. The molecule has 0 bridgehead atoms. The predicted octanol–water partition coefficient (Wildman–Crippen LogP) is 4.44. The molecule has 0 spiro atoms. The molecule has 1 aromatic carbocycles. The van der Waals surface area contributed by atoms with E-state index < -0.39 is 0 Å². The van der Waals surface area contributed by atoms with Crippen LogP contribution in [0.4, 0.5) is 0 Å². The van der Waals surface area contributed by atoms with Crippen LogP contribution in [0.25, 0.3) is 6.08 Å². The quantitative estimate of drug-likeness (QED) is 0.569. The Labute approximate surface area is 110 Å². The first-order chi connectivity index (χ1) is 8.35. The second kappa shape index (κ2) is 8.29. The minimum atomic E-state index is -0.329. The Bertz CT molecular complexity index is 383. The minimum Gasteiger partial charge on any atom is -0.435 e. The molecule has 1 aromatic rings. The van der Waals surface area contributed by atoms with Crippen LogP contribution < -0.4 is 0 Å². The van der Waals surface area contributed by atoms with Crippen LogP contribution in [-0.4, -0.2) is 5.97 Å². The SMILES string of the molecule is C=COC(C)=O.CC(C)(C)C=Cc1ccccc1. The number of esters is 1. The first-order valence-electron chi connectivity index (χ1n) is 5.87. The number of carbonyl (C=O) groups excluding carboxylic acids is 1. The van der Waals surface area contributed by atoms with E-state index in [2.05, 4.69) is 68.5 Å². The number of hydrogen-bond donors (Lipinski definition) is 0. The van der Waals surface area contributed by atoms with Crippen LogP contribution in [0.1, 0.15) is 33.3 Å². The maximum absolute atomic E-state index is 9.75. The molecule has 0 aliphatic carbocycles. The summed E-state index contributed by atoms with van der Waals surface area (Å²) < 4.78 is 4.17. The first-order valence-corrected chi connectivity index (χ1v) is 5.87. The van der Waals surface area contributed by atoms with Crippen LogP contribution in [0.3, 0.4) is 0 Å². The highest BCUT2D eigenvalue weighted by Gasteiger charge is 2.02.